The van der Waals surface area contributed by atoms with E-state index in [1.54, 1.807) is 0 Å². The van der Waals surface area contributed by atoms with Gasteiger partial charge in [-0.25, -0.2) is 9.97 Å². The lowest BCUT2D eigenvalue weighted by Gasteiger charge is -2.27. The van der Waals surface area contributed by atoms with Gasteiger partial charge in [0, 0.05) is 23.0 Å². The Balaban J connectivity index is 1.80. The zero-order valence-corrected chi connectivity index (χ0v) is 17.2. The fraction of sp³-hybridized carbons (Fsp3) is 0.240. The minimum atomic E-state index is -0.116. The summed E-state index contributed by atoms with van der Waals surface area (Å²) in [4.78, 5) is 22.5. The maximum atomic E-state index is 12.9. The Kier molecular flexibility index (Phi) is 4.03. The molecule has 2 aromatic heterocycles. The van der Waals surface area contributed by atoms with Crippen LogP contribution in [0.1, 0.15) is 38.1 Å². The van der Waals surface area contributed by atoms with Crippen LogP contribution in [0.5, 0.6) is 0 Å². The quantitative estimate of drug-likeness (QED) is 0.235. The lowest BCUT2D eigenvalue weighted by molar-refractivity contribution is 0.365. The predicted molar refractivity (Wildman–Crippen MR) is 123 cm³/mol. The molecule has 148 valence electrons. The normalized spacial score (nSPS) is 15.5. The molecule has 1 aliphatic carbocycles. The van der Waals surface area contributed by atoms with Crippen LogP contribution in [0.4, 0.5) is 0 Å². The van der Waals surface area contributed by atoms with Gasteiger partial charge in [-0.05, 0) is 47.9 Å². The smallest absolute Gasteiger partial charge is 0.205 e. The summed E-state index contributed by atoms with van der Waals surface area (Å²) >= 11 is 6.60. The number of halogens is 1. The molecule has 3 aromatic carbocycles. The van der Waals surface area contributed by atoms with Gasteiger partial charge < -0.3 is 4.57 Å². The molecular weight excluding hydrogens is 394 g/mol. The van der Waals surface area contributed by atoms with Crippen molar-refractivity contribution in [3.05, 3.63) is 70.0 Å². The van der Waals surface area contributed by atoms with E-state index in [1.807, 2.05) is 42.6 Å². The van der Waals surface area contributed by atoms with Gasteiger partial charge in [-0.1, -0.05) is 55.1 Å². The Hall–Kier alpha value is -2.98. The molecular formula is C25H20ClN3O. The Morgan fingerprint density at radius 2 is 1.67 bits per heavy atom. The molecule has 0 atom stereocenters. The molecule has 1 saturated carbocycles. The molecule has 4 nitrogen and oxygen atoms in total. The second-order valence-corrected chi connectivity index (χ2v) is 8.57. The molecule has 0 amide bonds. The molecule has 0 spiro atoms. The highest BCUT2D eigenvalue weighted by atomic mass is 35.5. The molecule has 5 heteroatoms. The van der Waals surface area contributed by atoms with Gasteiger partial charge in [0.25, 0.3) is 0 Å². The molecule has 0 bridgehead atoms. The molecule has 1 aliphatic rings. The van der Waals surface area contributed by atoms with Crippen molar-refractivity contribution in [2.45, 2.75) is 38.1 Å². The van der Waals surface area contributed by atoms with E-state index in [2.05, 4.69) is 21.7 Å². The third kappa shape index (κ3) is 2.56. The van der Waals surface area contributed by atoms with Crippen molar-refractivity contribution in [1.82, 2.24) is 14.5 Å². The Bertz CT molecular complexity index is 1520. The van der Waals surface area contributed by atoms with Crippen molar-refractivity contribution in [3.63, 3.8) is 0 Å². The van der Waals surface area contributed by atoms with Gasteiger partial charge in [0.2, 0.25) is 5.43 Å². The molecule has 5 aromatic rings. The van der Waals surface area contributed by atoms with Crippen LogP contribution in [0.2, 0.25) is 5.02 Å². The maximum Gasteiger partial charge on any atom is 0.205 e. The molecule has 0 saturated heterocycles. The molecule has 0 unspecified atom stereocenters. The van der Waals surface area contributed by atoms with Crippen LogP contribution < -0.4 is 5.43 Å². The third-order valence-corrected chi connectivity index (χ3v) is 6.82. The molecule has 30 heavy (non-hydrogen) atoms. The lowest BCUT2D eigenvalue weighted by Crippen LogP contribution is -2.16. The van der Waals surface area contributed by atoms with Gasteiger partial charge in [0.1, 0.15) is 5.52 Å². The van der Waals surface area contributed by atoms with E-state index >= 15 is 0 Å². The van der Waals surface area contributed by atoms with Crippen LogP contribution in [-0.4, -0.2) is 14.5 Å². The molecule has 0 aliphatic heterocycles. The number of hydrogen-bond donors (Lipinski definition) is 0. The summed E-state index contributed by atoms with van der Waals surface area (Å²) in [7, 11) is 0. The van der Waals surface area contributed by atoms with Crippen LogP contribution in [0.3, 0.4) is 0 Å². The van der Waals surface area contributed by atoms with Crippen molar-refractivity contribution in [2.75, 3.05) is 0 Å². The van der Waals surface area contributed by atoms with Gasteiger partial charge in [0.05, 0.1) is 16.1 Å². The fourth-order valence-electron chi connectivity index (χ4n) is 5.03. The topological polar surface area (TPSA) is 47.8 Å². The summed E-state index contributed by atoms with van der Waals surface area (Å²) in [6, 6.07) is 16.1. The van der Waals surface area contributed by atoms with Gasteiger partial charge in [-0.15, -0.1) is 0 Å². The summed E-state index contributed by atoms with van der Waals surface area (Å²) in [6.45, 7) is 0. The first-order valence-electron chi connectivity index (χ1n) is 10.5. The Labute approximate surface area is 178 Å². The molecule has 0 N–H and O–H groups in total. The van der Waals surface area contributed by atoms with E-state index in [-0.39, 0.29) is 10.5 Å². The number of fused-ring (bicyclic) bond motifs is 5. The van der Waals surface area contributed by atoms with Crippen molar-refractivity contribution in [2.24, 2.45) is 0 Å². The average molecular weight is 414 g/mol. The third-order valence-electron chi connectivity index (χ3n) is 6.45. The number of hydrogen-bond acceptors (Lipinski definition) is 3. The van der Waals surface area contributed by atoms with E-state index in [0.29, 0.717) is 11.4 Å². The van der Waals surface area contributed by atoms with E-state index in [0.717, 1.165) is 51.2 Å². The zero-order valence-electron chi connectivity index (χ0n) is 16.4. The maximum absolute atomic E-state index is 12.9. The van der Waals surface area contributed by atoms with Crippen molar-refractivity contribution >= 4 is 55.3 Å². The molecule has 1 fully saturated rings. The fourth-order valence-corrected chi connectivity index (χ4v) is 5.29. The number of rotatable bonds is 1. The Morgan fingerprint density at radius 1 is 0.867 bits per heavy atom. The van der Waals surface area contributed by atoms with Crippen molar-refractivity contribution in [1.29, 1.82) is 0 Å². The highest BCUT2D eigenvalue weighted by Crippen LogP contribution is 2.36. The summed E-state index contributed by atoms with van der Waals surface area (Å²) in [5.74, 6) is 0. The minimum absolute atomic E-state index is 0.116. The monoisotopic (exact) mass is 413 g/mol. The summed E-state index contributed by atoms with van der Waals surface area (Å²) in [5.41, 5.74) is 3.59. The van der Waals surface area contributed by atoms with Crippen LogP contribution in [0.25, 0.3) is 43.7 Å². The standard InChI is InChI=1S/C25H20ClN3O/c26-23-19-14-22-21(13-18(19)16-9-4-5-10-17(16)24(23)30)28-20-11-6-12-27-25(20)29(22)15-7-2-1-3-8-15/h4-6,9-15H,1-3,7-8H2. The lowest BCUT2D eigenvalue weighted by atomic mass is 9.94. The van der Waals surface area contributed by atoms with Crippen molar-refractivity contribution < 1.29 is 0 Å². The number of pyridine rings is 1. The predicted octanol–water partition coefficient (Wildman–Crippen LogP) is 6.41. The minimum Gasteiger partial charge on any atom is -0.320 e. The van der Waals surface area contributed by atoms with E-state index < -0.39 is 0 Å². The number of benzene rings is 3. The second-order valence-electron chi connectivity index (χ2n) is 8.19. The second kappa shape index (κ2) is 6.78. The van der Waals surface area contributed by atoms with Gasteiger partial charge >= 0.3 is 0 Å². The van der Waals surface area contributed by atoms with Gasteiger partial charge in [-0.2, -0.15) is 0 Å². The first-order chi connectivity index (χ1) is 14.7. The number of nitrogens with zero attached hydrogens (tertiary/aromatic N) is 3. The molecule has 2 heterocycles. The van der Waals surface area contributed by atoms with Crippen LogP contribution in [0.15, 0.2) is 59.5 Å². The highest BCUT2D eigenvalue weighted by Gasteiger charge is 2.21. The summed E-state index contributed by atoms with van der Waals surface area (Å²) < 4.78 is 2.34. The van der Waals surface area contributed by atoms with Gasteiger partial charge in [0.15, 0.2) is 5.65 Å². The van der Waals surface area contributed by atoms with Crippen LogP contribution in [-0.2, 0) is 0 Å². The van der Waals surface area contributed by atoms with E-state index in [9.17, 15) is 4.79 Å². The number of aromatic nitrogens is 3. The Morgan fingerprint density at radius 3 is 2.50 bits per heavy atom. The largest absolute Gasteiger partial charge is 0.320 e. The summed E-state index contributed by atoms with van der Waals surface area (Å²) in [6.07, 6.45) is 7.81. The van der Waals surface area contributed by atoms with Crippen LogP contribution in [0, 0.1) is 0 Å². The van der Waals surface area contributed by atoms with Gasteiger partial charge in [-0.3, -0.25) is 4.79 Å². The average Bonchev–Trinajstić information content (AvgIpc) is 2.80. The summed E-state index contributed by atoms with van der Waals surface area (Å²) in [5, 5.41) is 3.60. The SMILES string of the molecule is O=c1c(Cl)c2cc3c(cc2c2ccccc12)nc1cccnc1n3C1CCCCC1. The molecule has 0 radical (unpaired) electrons. The zero-order chi connectivity index (χ0) is 20.2. The molecule has 6 rings (SSSR count). The van der Waals surface area contributed by atoms with E-state index in [1.165, 1.54) is 19.3 Å². The van der Waals surface area contributed by atoms with Crippen LogP contribution >= 0.6 is 11.6 Å². The van der Waals surface area contributed by atoms with Crippen molar-refractivity contribution in [3.8, 4) is 0 Å². The van der Waals surface area contributed by atoms with E-state index in [4.69, 9.17) is 16.6 Å². The first-order valence-corrected chi connectivity index (χ1v) is 10.9. The first kappa shape index (κ1) is 17.8. The highest BCUT2D eigenvalue weighted by molar-refractivity contribution is 6.38.